The fourth-order valence-corrected chi connectivity index (χ4v) is 3.42. The monoisotopic (exact) mass is 332 g/mol. The van der Waals surface area contributed by atoms with E-state index in [9.17, 15) is 9.59 Å². The van der Waals surface area contributed by atoms with Crippen molar-refractivity contribution in [2.24, 2.45) is 0 Å². The van der Waals surface area contributed by atoms with Crippen molar-refractivity contribution in [3.63, 3.8) is 0 Å². The molecule has 0 spiro atoms. The minimum atomic E-state index is -0.274. The Hall–Kier alpha value is -1.84. The van der Waals surface area contributed by atoms with Crippen LogP contribution in [0.3, 0.4) is 0 Å². The van der Waals surface area contributed by atoms with Gasteiger partial charge in [-0.25, -0.2) is 9.59 Å². The number of aryl methyl sites for hydroxylation is 1. The van der Waals surface area contributed by atoms with Crippen molar-refractivity contribution in [2.75, 3.05) is 13.2 Å². The lowest BCUT2D eigenvalue weighted by Crippen LogP contribution is -2.20. The Balaban J connectivity index is 2.59. The van der Waals surface area contributed by atoms with Crippen LogP contribution in [0.5, 0.6) is 0 Å². The first kappa shape index (κ1) is 18.5. The molecule has 2 rings (SSSR count). The summed E-state index contributed by atoms with van der Waals surface area (Å²) in [5, 5.41) is 0. The van der Waals surface area contributed by atoms with Gasteiger partial charge in [0.05, 0.1) is 24.3 Å². The van der Waals surface area contributed by atoms with Gasteiger partial charge in [0.15, 0.2) is 0 Å². The highest BCUT2D eigenvalue weighted by Crippen LogP contribution is 2.32. The maximum atomic E-state index is 12.6. The van der Waals surface area contributed by atoms with E-state index in [1.54, 1.807) is 0 Å². The third kappa shape index (κ3) is 3.97. The van der Waals surface area contributed by atoms with Crippen LogP contribution in [0.1, 0.15) is 83.9 Å². The van der Waals surface area contributed by atoms with E-state index in [0.29, 0.717) is 24.3 Å². The van der Waals surface area contributed by atoms with Crippen LogP contribution in [0, 0.1) is 0 Å². The molecule has 0 N–H and O–H groups in total. The zero-order chi connectivity index (χ0) is 17.5. The molecule has 0 aromatic heterocycles. The van der Waals surface area contributed by atoms with Gasteiger partial charge in [-0.05, 0) is 75.1 Å². The fraction of sp³-hybridized carbons (Fsp3) is 0.600. The Morgan fingerprint density at radius 3 is 2.21 bits per heavy atom. The molecule has 0 fully saturated rings. The van der Waals surface area contributed by atoms with E-state index in [4.69, 9.17) is 9.47 Å². The number of ether oxygens (including phenoxy) is 2. The summed E-state index contributed by atoms with van der Waals surface area (Å²) in [7, 11) is 0. The number of carbonyl (C=O) groups is 2. The van der Waals surface area contributed by atoms with Crippen LogP contribution >= 0.6 is 0 Å². The minimum absolute atomic E-state index is 0.253. The largest absolute Gasteiger partial charge is 0.462 e. The molecule has 0 amide bonds. The van der Waals surface area contributed by atoms with Crippen molar-refractivity contribution < 1.29 is 19.1 Å². The molecule has 0 radical (unpaired) electrons. The third-order valence-electron chi connectivity index (χ3n) is 4.51. The molecule has 1 aliphatic carbocycles. The average molecular weight is 332 g/mol. The lowest BCUT2D eigenvalue weighted by molar-refractivity contribution is 0.0507. The van der Waals surface area contributed by atoms with Gasteiger partial charge in [0, 0.05) is 0 Å². The Kier molecular flexibility index (Phi) is 6.83. The van der Waals surface area contributed by atoms with E-state index in [2.05, 4.69) is 6.92 Å². The summed E-state index contributed by atoms with van der Waals surface area (Å²) in [6, 6.07) is 1.88. The standard InChI is InChI=1S/C20H28O4/c1-4-7-10-14-13-17(19(21)23-5-2)15-11-8-9-12-16(15)18(14)20(22)24-6-3/h13H,4-12H2,1-3H3. The maximum Gasteiger partial charge on any atom is 0.338 e. The first-order valence-corrected chi connectivity index (χ1v) is 9.15. The SMILES string of the molecule is CCCCc1cc(C(=O)OCC)c2c(c1C(=O)OCC)CCCC2. The molecule has 1 aromatic carbocycles. The number of hydrogen-bond donors (Lipinski definition) is 0. The van der Waals surface area contributed by atoms with Crippen molar-refractivity contribution in [1.82, 2.24) is 0 Å². The summed E-state index contributed by atoms with van der Waals surface area (Å²) >= 11 is 0. The topological polar surface area (TPSA) is 52.6 Å². The highest BCUT2D eigenvalue weighted by molar-refractivity contribution is 5.98. The number of esters is 2. The molecular weight excluding hydrogens is 304 g/mol. The molecule has 0 saturated heterocycles. The van der Waals surface area contributed by atoms with Crippen LogP contribution in [0.25, 0.3) is 0 Å². The molecule has 0 bridgehead atoms. The molecule has 4 nitrogen and oxygen atoms in total. The summed E-state index contributed by atoms with van der Waals surface area (Å²) < 4.78 is 10.6. The molecule has 132 valence electrons. The van der Waals surface area contributed by atoms with Crippen molar-refractivity contribution in [1.29, 1.82) is 0 Å². The quantitative estimate of drug-likeness (QED) is 0.700. The zero-order valence-electron chi connectivity index (χ0n) is 15.1. The Labute approximate surface area is 144 Å². The number of rotatable bonds is 7. The van der Waals surface area contributed by atoms with E-state index in [0.717, 1.165) is 61.6 Å². The molecule has 1 aromatic rings. The summed E-state index contributed by atoms with van der Waals surface area (Å²) in [6.45, 7) is 6.48. The fourth-order valence-electron chi connectivity index (χ4n) is 3.42. The van der Waals surface area contributed by atoms with Crippen LogP contribution < -0.4 is 0 Å². The third-order valence-corrected chi connectivity index (χ3v) is 4.51. The summed E-state index contributed by atoms with van der Waals surface area (Å²) in [4.78, 5) is 25.0. The van der Waals surface area contributed by atoms with Gasteiger partial charge in [-0.1, -0.05) is 13.3 Å². The summed E-state index contributed by atoms with van der Waals surface area (Å²) in [5.41, 5.74) is 4.28. The first-order chi connectivity index (χ1) is 11.6. The normalized spacial score (nSPS) is 13.3. The van der Waals surface area contributed by atoms with Gasteiger partial charge in [0.25, 0.3) is 0 Å². The molecule has 0 saturated carbocycles. The van der Waals surface area contributed by atoms with Gasteiger partial charge < -0.3 is 9.47 Å². The van der Waals surface area contributed by atoms with Gasteiger partial charge in [-0.15, -0.1) is 0 Å². The van der Waals surface area contributed by atoms with Gasteiger partial charge >= 0.3 is 11.9 Å². The van der Waals surface area contributed by atoms with Crippen LogP contribution in [0.2, 0.25) is 0 Å². The molecule has 4 heteroatoms. The molecular formula is C20H28O4. The smallest absolute Gasteiger partial charge is 0.338 e. The minimum Gasteiger partial charge on any atom is -0.462 e. The Morgan fingerprint density at radius 2 is 1.58 bits per heavy atom. The van der Waals surface area contributed by atoms with Crippen molar-refractivity contribution >= 4 is 11.9 Å². The van der Waals surface area contributed by atoms with Crippen molar-refractivity contribution in [3.05, 3.63) is 33.9 Å². The second-order valence-electron chi connectivity index (χ2n) is 6.17. The van der Waals surface area contributed by atoms with Crippen LogP contribution in [-0.4, -0.2) is 25.2 Å². The second-order valence-corrected chi connectivity index (χ2v) is 6.17. The molecule has 0 aliphatic heterocycles. The van der Waals surface area contributed by atoms with Gasteiger partial charge in [0.2, 0.25) is 0 Å². The van der Waals surface area contributed by atoms with E-state index in [-0.39, 0.29) is 11.9 Å². The molecule has 24 heavy (non-hydrogen) atoms. The van der Waals surface area contributed by atoms with E-state index >= 15 is 0 Å². The van der Waals surface area contributed by atoms with Crippen LogP contribution in [0.15, 0.2) is 6.07 Å². The molecule has 0 atom stereocenters. The van der Waals surface area contributed by atoms with E-state index in [1.165, 1.54) is 0 Å². The van der Waals surface area contributed by atoms with Crippen molar-refractivity contribution in [3.8, 4) is 0 Å². The molecule has 1 aliphatic rings. The highest BCUT2D eigenvalue weighted by atomic mass is 16.5. The van der Waals surface area contributed by atoms with Crippen LogP contribution in [0.4, 0.5) is 0 Å². The maximum absolute atomic E-state index is 12.6. The van der Waals surface area contributed by atoms with Gasteiger partial charge in [-0.2, -0.15) is 0 Å². The number of benzene rings is 1. The van der Waals surface area contributed by atoms with E-state index < -0.39 is 0 Å². The number of unbranched alkanes of at least 4 members (excludes halogenated alkanes) is 1. The van der Waals surface area contributed by atoms with Gasteiger partial charge in [-0.3, -0.25) is 0 Å². The highest BCUT2D eigenvalue weighted by Gasteiger charge is 2.27. The second kappa shape index (κ2) is 8.86. The lowest BCUT2D eigenvalue weighted by Gasteiger charge is -2.24. The predicted octanol–water partition coefficient (Wildman–Crippen LogP) is 4.26. The molecule has 0 unspecified atom stereocenters. The Morgan fingerprint density at radius 1 is 0.958 bits per heavy atom. The molecule has 0 heterocycles. The average Bonchev–Trinajstić information content (AvgIpc) is 2.59. The number of fused-ring (bicyclic) bond motifs is 1. The van der Waals surface area contributed by atoms with Crippen LogP contribution in [-0.2, 0) is 28.7 Å². The van der Waals surface area contributed by atoms with Gasteiger partial charge in [0.1, 0.15) is 0 Å². The first-order valence-electron chi connectivity index (χ1n) is 9.15. The lowest BCUT2D eigenvalue weighted by atomic mass is 9.81. The predicted molar refractivity (Wildman–Crippen MR) is 93.6 cm³/mol. The van der Waals surface area contributed by atoms with Crippen molar-refractivity contribution in [2.45, 2.75) is 65.7 Å². The summed E-state index contributed by atoms with van der Waals surface area (Å²) in [6.07, 6.45) is 6.53. The summed E-state index contributed by atoms with van der Waals surface area (Å²) in [5.74, 6) is -0.527. The number of hydrogen-bond acceptors (Lipinski definition) is 4. The zero-order valence-corrected chi connectivity index (χ0v) is 15.1. The van der Waals surface area contributed by atoms with E-state index in [1.807, 2.05) is 19.9 Å². The number of carbonyl (C=O) groups excluding carboxylic acids is 2. The Bertz CT molecular complexity index is 604.